The molecule has 0 saturated heterocycles. The van der Waals surface area contributed by atoms with Crippen LogP contribution >= 0.6 is 0 Å². The number of esters is 1. The second-order valence-corrected chi connectivity index (χ2v) is 5.35. The standard InChI is InChI=1S/C19H21NO3/c1-15-8-6-7-11-17(15)19(22)20(13-12-18(21)23-2)14-16-9-4-3-5-10-16/h3-11H,12-14H2,1-2H3. The Bertz CT molecular complexity index is 667. The molecule has 2 rings (SSSR count). The Hall–Kier alpha value is -2.62. The zero-order chi connectivity index (χ0) is 16.7. The van der Waals surface area contributed by atoms with E-state index in [0.717, 1.165) is 11.1 Å². The molecular weight excluding hydrogens is 290 g/mol. The van der Waals surface area contributed by atoms with Crippen molar-refractivity contribution >= 4 is 11.9 Å². The first kappa shape index (κ1) is 16.7. The van der Waals surface area contributed by atoms with Crippen LogP contribution in [0, 0.1) is 6.92 Å². The number of hydrogen-bond acceptors (Lipinski definition) is 3. The van der Waals surface area contributed by atoms with Crippen molar-refractivity contribution in [1.82, 2.24) is 4.90 Å². The second-order valence-electron chi connectivity index (χ2n) is 5.35. The van der Waals surface area contributed by atoms with E-state index in [-0.39, 0.29) is 18.3 Å². The Morgan fingerprint density at radius 3 is 2.30 bits per heavy atom. The van der Waals surface area contributed by atoms with Gasteiger partial charge in [0.1, 0.15) is 0 Å². The Balaban J connectivity index is 2.20. The van der Waals surface area contributed by atoms with Crippen LogP contribution in [0.1, 0.15) is 27.9 Å². The van der Waals surface area contributed by atoms with E-state index in [1.165, 1.54) is 7.11 Å². The Labute approximate surface area is 136 Å². The predicted octanol–water partition coefficient (Wildman–Crippen LogP) is 3.20. The van der Waals surface area contributed by atoms with Crippen LogP contribution in [0.5, 0.6) is 0 Å². The lowest BCUT2D eigenvalue weighted by Crippen LogP contribution is -2.33. The molecule has 2 aromatic carbocycles. The van der Waals surface area contributed by atoms with Gasteiger partial charge in [-0.25, -0.2) is 0 Å². The van der Waals surface area contributed by atoms with E-state index in [9.17, 15) is 9.59 Å². The fourth-order valence-electron chi connectivity index (χ4n) is 2.37. The van der Waals surface area contributed by atoms with E-state index >= 15 is 0 Å². The van der Waals surface area contributed by atoms with Gasteiger partial charge in [0.25, 0.3) is 5.91 Å². The van der Waals surface area contributed by atoms with Gasteiger partial charge in [-0.2, -0.15) is 0 Å². The molecule has 0 bridgehead atoms. The minimum atomic E-state index is -0.319. The fourth-order valence-corrected chi connectivity index (χ4v) is 2.37. The van der Waals surface area contributed by atoms with Crippen LogP contribution in [-0.2, 0) is 16.1 Å². The molecule has 0 fully saturated rings. The molecular formula is C19H21NO3. The van der Waals surface area contributed by atoms with Crippen molar-refractivity contribution in [2.45, 2.75) is 19.9 Å². The number of nitrogens with zero attached hydrogens (tertiary/aromatic N) is 1. The van der Waals surface area contributed by atoms with Gasteiger partial charge in [-0.05, 0) is 24.1 Å². The number of methoxy groups -OCH3 is 1. The summed E-state index contributed by atoms with van der Waals surface area (Å²) in [6.07, 6.45) is 0.182. The van der Waals surface area contributed by atoms with E-state index in [1.807, 2.05) is 61.5 Å². The van der Waals surface area contributed by atoms with Gasteiger partial charge in [0, 0.05) is 18.7 Å². The topological polar surface area (TPSA) is 46.6 Å². The van der Waals surface area contributed by atoms with Crippen LogP contribution in [0.25, 0.3) is 0 Å². The monoisotopic (exact) mass is 311 g/mol. The molecule has 0 aromatic heterocycles. The summed E-state index contributed by atoms with van der Waals surface area (Å²) in [7, 11) is 1.35. The molecule has 120 valence electrons. The lowest BCUT2D eigenvalue weighted by atomic mass is 10.1. The highest BCUT2D eigenvalue weighted by atomic mass is 16.5. The molecule has 0 spiro atoms. The fraction of sp³-hybridized carbons (Fsp3) is 0.263. The summed E-state index contributed by atoms with van der Waals surface area (Å²) >= 11 is 0. The maximum Gasteiger partial charge on any atom is 0.307 e. The van der Waals surface area contributed by atoms with Crippen LogP contribution in [0.3, 0.4) is 0 Å². The summed E-state index contributed by atoms with van der Waals surface area (Å²) < 4.78 is 4.68. The molecule has 0 heterocycles. The summed E-state index contributed by atoms with van der Waals surface area (Å²) in [5.74, 6) is -0.392. The van der Waals surface area contributed by atoms with Crippen molar-refractivity contribution in [3.05, 3.63) is 71.3 Å². The maximum atomic E-state index is 12.8. The SMILES string of the molecule is COC(=O)CCN(Cc1ccccc1)C(=O)c1ccccc1C. The van der Waals surface area contributed by atoms with E-state index in [1.54, 1.807) is 4.90 Å². The van der Waals surface area contributed by atoms with Crippen molar-refractivity contribution < 1.29 is 14.3 Å². The number of carbonyl (C=O) groups excluding carboxylic acids is 2. The lowest BCUT2D eigenvalue weighted by Gasteiger charge is -2.23. The van der Waals surface area contributed by atoms with E-state index in [0.29, 0.717) is 18.7 Å². The summed E-state index contributed by atoms with van der Waals surface area (Å²) in [4.78, 5) is 26.0. The third-order valence-corrected chi connectivity index (χ3v) is 3.69. The summed E-state index contributed by atoms with van der Waals surface area (Å²) in [6, 6.07) is 17.2. The quantitative estimate of drug-likeness (QED) is 0.770. The van der Waals surface area contributed by atoms with Crippen LogP contribution in [-0.4, -0.2) is 30.4 Å². The van der Waals surface area contributed by atoms with Crippen molar-refractivity contribution in [3.63, 3.8) is 0 Å². The highest BCUT2D eigenvalue weighted by Crippen LogP contribution is 2.14. The number of hydrogen-bond donors (Lipinski definition) is 0. The maximum absolute atomic E-state index is 12.8. The molecule has 4 heteroatoms. The zero-order valence-corrected chi connectivity index (χ0v) is 13.5. The Morgan fingerprint density at radius 1 is 1.00 bits per heavy atom. The van der Waals surface area contributed by atoms with E-state index < -0.39 is 0 Å². The summed E-state index contributed by atoms with van der Waals surface area (Å²) in [5, 5.41) is 0. The average molecular weight is 311 g/mol. The molecule has 23 heavy (non-hydrogen) atoms. The predicted molar refractivity (Wildman–Crippen MR) is 89.0 cm³/mol. The molecule has 0 atom stereocenters. The highest BCUT2D eigenvalue weighted by molar-refractivity contribution is 5.95. The average Bonchev–Trinajstić information content (AvgIpc) is 2.59. The number of aryl methyl sites for hydroxylation is 1. The van der Waals surface area contributed by atoms with Gasteiger partial charge in [0.05, 0.1) is 13.5 Å². The van der Waals surface area contributed by atoms with Gasteiger partial charge in [0.15, 0.2) is 0 Å². The van der Waals surface area contributed by atoms with Gasteiger partial charge in [-0.1, -0.05) is 48.5 Å². The molecule has 2 aromatic rings. The molecule has 0 aliphatic carbocycles. The van der Waals surface area contributed by atoms with Crippen molar-refractivity contribution in [2.75, 3.05) is 13.7 Å². The number of carbonyl (C=O) groups is 2. The largest absolute Gasteiger partial charge is 0.469 e. The van der Waals surface area contributed by atoms with Crippen molar-refractivity contribution in [2.24, 2.45) is 0 Å². The number of rotatable bonds is 6. The first-order valence-electron chi connectivity index (χ1n) is 7.57. The van der Waals surface area contributed by atoms with Crippen LogP contribution in [0.4, 0.5) is 0 Å². The van der Waals surface area contributed by atoms with Gasteiger partial charge in [-0.3, -0.25) is 9.59 Å². The Morgan fingerprint density at radius 2 is 1.65 bits per heavy atom. The molecule has 0 aliphatic heterocycles. The van der Waals surface area contributed by atoms with Gasteiger partial charge >= 0.3 is 5.97 Å². The van der Waals surface area contributed by atoms with Crippen LogP contribution in [0.2, 0.25) is 0 Å². The van der Waals surface area contributed by atoms with E-state index in [2.05, 4.69) is 4.74 Å². The van der Waals surface area contributed by atoms with Gasteiger partial charge in [-0.15, -0.1) is 0 Å². The molecule has 0 aliphatic rings. The smallest absolute Gasteiger partial charge is 0.307 e. The zero-order valence-electron chi connectivity index (χ0n) is 13.5. The molecule has 0 radical (unpaired) electrons. The summed E-state index contributed by atoms with van der Waals surface area (Å²) in [5.41, 5.74) is 2.61. The number of ether oxygens (including phenoxy) is 1. The molecule has 1 amide bonds. The molecule has 0 N–H and O–H groups in total. The minimum Gasteiger partial charge on any atom is -0.469 e. The first-order valence-corrected chi connectivity index (χ1v) is 7.57. The third-order valence-electron chi connectivity index (χ3n) is 3.69. The third kappa shape index (κ3) is 4.68. The second kappa shape index (κ2) is 8.13. The van der Waals surface area contributed by atoms with Crippen molar-refractivity contribution in [3.8, 4) is 0 Å². The van der Waals surface area contributed by atoms with Crippen LogP contribution in [0.15, 0.2) is 54.6 Å². The summed E-state index contributed by atoms with van der Waals surface area (Å²) in [6.45, 7) is 2.70. The first-order chi connectivity index (χ1) is 11.1. The number of benzene rings is 2. The Kier molecular flexibility index (Phi) is 5.92. The molecule has 0 unspecified atom stereocenters. The van der Waals surface area contributed by atoms with Crippen molar-refractivity contribution in [1.29, 1.82) is 0 Å². The van der Waals surface area contributed by atoms with E-state index in [4.69, 9.17) is 0 Å². The lowest BCUT2D eigenvalue weighted by molar-refractivity contribution is -0.140. The molecule has 0 saturated carbocycles. The normalized spacial score (nSPS) is 10.2. The molecule has 4 nitrogen and oxygen atoms in total. The number of amides is 1. The van der Waals surface area contributed by atoms with Gasteiger partial charge in [0.2, 0.25) is 0 Å². The minimum absolute atomic E-state index is 0.0733. The highest BCUT2D eigenvalue weighted by Gasteiger charge is 2.18. The van der Waals surface area contributed by atoms with Gasteiger partial charge < -0.3 is 9.64 Å². The van der Waals surface area contributed by atoms with Crippen LogP contribution < -0.4 is 0 Å².